The van der Waals surface area contributed by atoms with Gasteiger partial charge in [0.15, 0.2) is 0 Å². The summed E-state index contributed by atoms with van der Waals surface area (Å²) in [6, 6.07) is -0.620. The van der Waals surface area contributed by atoms with E-state index in [-0.39, 0.29) is 5.92 Å². The fourth-order valence-corrected chi connectivity index (χ4v) is 0.756. The molecule has 0 aromatic rings. The molecule has 3 nitrogen and oxygen atoms in total. The van der Waals surface area contributed by atoms with Crippen molar-refractivity contribution in [3.63, 3.8) is 0 Å². The van der Waals surface area contributed by atoms with Gasteiger partial charge in [-0.25, -0.2) is 11.4 Å². The second-order valence-electron chi connectivity index (χ2n) is 2.48. The molecule has 0 aliphatic rings. The Labute approximate surface area is 67.2 Å². The molecule has 0 aliphatic carbocycles. The Kier molecular flexibility index (Phi) is 4.28. The highest BCUT2D eigenvalue weighted by Gasteiger charge is 2.29. The van der Waals surface area contributed by atoms with Crippen LogP contribution in [0.4, 0.5) is 0 Å². The number of carbonyl (C=O) groups is 1. The van der Waals surface area contributed by atoms with Gasteiger partial charge >= 0.3 is 12.0 Å². The van der Waals surface area contributed by atoms with E-state index < -0.39 is 12.0 Å². The Morgan fingerprint density at radius 2 is 2.27 bits per heavy atom. The second-order valence-corrected chi connectivity index (χ2v) is 2.48. The molecule has 3 heteroatoms. The minimum Gasteiger partial charge on any atom is -0.463 e. The molecule has 0 bridgehead atoms. The van der Waals surface area contributed by atoms with Gasteiger partial charge in [0.1, 0.15) is 0 Å². The third kappa shape index (κ3) is 2.58. The van der Waals surface area contributed by atoms with Crippen molar-refractivity contribution in [2.24, 2.45) is 5.92 Å². The highest BCUT2D eigenvalue weighted by atomic mass is 16.5. The third-order valence-electron chi connectivity index (χ3n) is 1.76. The van der Waals surface area contributed by atoms with Crippen LogP contribution < -0.4 is 0 Å². The van der Waals surface area contributed by atoms with Gasteiger partial charge in [-0.2, -0.15) is 0 Å². The molecule has 11 heavy (non-hydrogen) atoms. The molecule has 0 heterocycles. The van der Waals surface area contributed by atoms with E-state index in [9.17, 15) is 4.79 Å². The van der Waals surface area contributed by atoms with Gasteiger partial charge in [-0.15, -0.1) is 0 Å². The molecule has 0 aromatic heterocycles. The first-order valence-electron chi connectivity index (χ1n) is 3.61. The number of hydrogen-bond donors (Lipinski definition) is 0. The summed E-state index contributed by atoms with van der Waals surface area (Å²) in [7, 11) is 1.31. The summed E-state index contributed by atoms with van der Waals surface area (Å²) in [4.78, 5) is 14.1. The van der Waals surface area contributed by atoms with Crippen LogP contribution in [0.15, 0.2) is 0 Å². The molecular weight excluding hydrogens is 142 g/mol. The number of carbonyl (C=O) groups excluding carboxylic acids is 1. The largest absolute Gasteiger partial charge is 0.463 e. The predicted molar refractivity (Wildman–Crippen MR) is 41.9 cm³/mol. The van der Waals surface area contributed by atoms with Crippen molar-refractivity contribution in [3.05, 3.63) is 11.4 Å². The van der Waals surface area contributed by atoms with Gasteiger partial charge in [-0.3, -0.25) is 0 Å². The monoisotopic (exact) mass is 155 g/mol. The first-order valence-corrected chi connectivity index (χ1v) is 3.61. The van der Waals surface area contributed by atoms with E-state index in [1.807, 2.05) is 13.8 Å². The van der Waals surface area contributed by atoms with Crippen molar-refractivity contribution in [1.29, 1.82) is 0 Å². The molecule has 0 saturated heterocycles. The van der Waals surface area contributed by atoms with E-state index in [2.05, 4.69) is 9.58 Å². The zero-order valence-electron chi connectivity index (χ0n) is 7.13. The predicted octanol–water partition coefficient (Wildman–Crippen LogP) is 1.49. The number of hydrogen-bond acceptors (Lipinski definition) is 2. The van der Waals surface area contributed by atoms with Crippen molar-refractivity contribution in [3.8, 4) is 0 Å². The maximum absolute atomic E-state index is 10.9. The van der Waals surface area contributed by atoms with Crippen LogP contribution in [0.2, 0.25) is 0 Å². The molecule has 0 N–H and O–H groups in total. The summed E-state index contributed by atoms with van der Waals surface area (Å²) in [5.41, 5.74) is 0. The summed E-state index contributed by atoms with van der Waals surface area (Å²) >= 11 is 0. The van der Waals surface area contributed by atoms with Gasteiger partial charge in [-0.05, 0) is 6.42 Å². The molecule has 0 unspecified atom stereocenters. The number of nitrogens with zero attached hydrogens (tertiary/aromatic N) is 1. The van der Waals surface area contributed by atoms with Crippen molar-refractivity contribution >= 4 is 5.97 Å². The van der Waals surface area contributed by atoms with E-state index in [0.29, 0.717) is 0 Å². The van der Waals surface area contributed by atoms with E-state index in [0.717, 1.165) is 6.42 Å². The smallest absolute Gasteiger partial charge is 0.390 e. The quantitative estimate of drug-likeness (QED) is 0.456. The molecule has 2 atom stereocenters. The Hall–Kier alpha value is -1.04. The van der Waals surface area contributed by atoms with Gasteiger partial charge in [-0.1, -0.05) is 13.8 Å². The molecule has 0 fully saturated rings. The van der Waals surface area contributed by atoms with Crippen LogP contribution in [0, 0.1) is 12.5 Å². The third-order valence-corrected chi connectivity index (χ3v) is 1.76. The maximum Gasteiger partial charge on any atom is 0.390 e. The van der Waals surface area contributed by atoms with Gasteiger partial charge in [0.2, 0.25) is 0 Å². The molecule has 0 amide bonds. The lowest BCUT2D eigenvalue weighted by Crippen LogP contribution is -2.25. The Morgan fingerprint density at radius 1 is 1.73 bits per heavy atom. The first kappa shape index (κ1) is 9.96. The highest BCUT2D eigenvalue weighted by molar-refractivity contribution is 5.77. The number of methoxy groups -OCH3 is 1. The molecule has 62 valence electrons. The Bertz CT molecular complexity index is 171. The molecule has 0 spiro atoms. The van der Waals surface area contributed by atoms with Crippen LogP contribution in [0.25, 0.3) is 4.85 Å². The van der Waals surface area contributed by atoms with Crippen LogP contribution in [0.1, 0.15) is 20.3 Å². The van der Waals surface area contributed by atoms with Gasteiger partial charge in [0.05, 0.1) is 7.11 Å². The topological polar surface area (TPSA) is 30.7 Å². The van der Waals surface area contributed by atoms with Crippen molar-refractivity contribution in [1.82, 2.24) is 0 Å². The summed E-state index contributed by atoms with van der Waals surface area (Å²) in [5.74, 6) is -0.339. The van der Waals surface area contributed by atoms with E-state index >= 15 is 0 Å². The van der Waals surface area contributed by atoms with Crippen LogP contribution in [0.5, 0.6) is 0 Å². The van der Waals surface area contributed by atoms with Gasteiger partial charge in [0, 0.05) is 5.92 Å². The maximum atomic E-state index is 10.9. The van der Waals surface area contributed by atoms with E-state index in [1.54, 1.807) is 0 Å². The van der Waals surface area contributed by atoms with Crippen LogP contribution in [-0.4, -0.2) is 19.1 Å². The average molecular weight is 155 g/mol. The zero-order chi connectivity index (χ0) is 8.85. The molecular formula is C8H13NO2. The molecule has 0 aliphatic heterocycles. The second kappa shape index (κ2) is 4.73. The lowest BCUT2D eigenvalue weighted by Gasteiger charge is -2.08. The molecule has 0 saturated carbocycles. The molecule has 0 radical (unpaired) electrons. The fraction of sp³-hybridized carbons (Fsp3) is 0.750. The summed E-state index contributed by atoms with van der Waals surface area (Å²) in [5, 5.41) is 0. The summed E-state index contributed by atoms with van der Waals surface area (Å²) < 4.78 is 4.47. The molecule has 0 aromatic carbocycles. The van der Waals surface area contributed by atoms with Crippen molar-refractivity contribution < 1.29 is 9.53 Å². The first-order chi connectivity index (χ1) is 5.17. The van der Waals surface area contributed by atoms with E-state index in [1.165, 1.54) is 7.11 Å². The zero-order valence-corrected chi connectivity index (χ0v) is 7.13. The highest BCUT2D eigenvalue weighted by Crippen LogP contribution is 2.12. The van der Waals surface area contributed by atoms with Crippen LogP contribution >= 0.6 is 0 Å². The minimum atomic E-state index is -0.620. The lowest BCUT2D eigenvalue weighted by molar-refractivity contribution is -0.142. The fourth-order valence-electron chi connectivity index (χ4n) is 0.756. The summed E-state index contributed by atoms with van der Waals surface area (Å²) in [6.07, 6.45) is 0.822. The minimum absolute atomic E-state index is 0.0833. The lowest BCUT2D eigenvalue weighted by atomic mass is 10.0. The van der Waals surface area contributed by atoms with Crippen LogP contribution in [0.3, 0.4) is 0 Å². The van der Waals surface area contributed by atoms with Gasteiger partial charge in [0.25, 0.3) is 0 Å². The number of ether oxygens (including phenoxy) is 1. The molecule has 0 rings (SSSR count). The summed E-state index contributed by atoms with van der Waals surface area (Å²) in [6.45, 7) is 10.6. The SMILES string of the molecule is [C-]#[N+][C@@H](C(=O)OC)[C@H](C)CC. The van der Waals surface area contributed by atoms with Crippen molar-refractivity contribution in [2.75, 3.05) is 7.11 Å². The Morgan fingerprint density at radius 3 is 2.55 bits per heavy atom. The standard InChI is InChI=1S/C8H13NO2/c1-5-6(2)7(9-3)8(10)11-4/h6-7H,5H2,1-2,4H3/t6-,7-/m1/s1. The van der Waals surface area contributed by atoms with Crippen molar-refractivity contribution in [2.45, 2.75) is 26.3 Å². The Balaban J connectivity index is 4.18. The average Bonchev–Trinajstić information content (AvgIpc) is 2.05. The van der Waals surface area contributed by atoms with E-state index in [4.69, 9.17) is 6.57 Å². The number of rotatable bonds is 3. The normalized spacial score (nSPS) is 14.7. The van der Waals surface area contributed by atoms with Gasteiger partial charge < -0.3 is 9.58 Å². The van der Waals surface area contributed by atoms with Crippen LogP contribution in [-0.2, 0) is 9.53 Å². The number of esters is 1.